The number of pyridine rings is 1. The maximum Gasteiger partial charge on any atom is 0.256 e. The van der Waals surface area contributed by atoms with Crippen molar-refractivity contribution in [3.05, 3.63) is 52.1 Å². The lowest BCUT2D eigenvalue weighted by Crippen LogP contribution is -2.13. The van der Waals surface area contributed by atoms with E-state index in [0.717, 1.165) is 6.54 Å². The van der Waals surface area contributed by atoms with Gasteiger partial charge in [0, 0.05) is 18.3 Å². The molecule has 0 saturated carbocycles. The van der Waals surface area contributed by atoms with Gasteiger partial charge in [-0.1, -0.05) is 6.92 Å². The zero-order valence-corrected chi connectivity index (χ0v) is 12.4. The molecule has 0 aliphatic carbocycles. The number of rotatable bonds is 5. The van der Waals surface area contributed by atoms with Crippen LogP contribution in [0.2, 0.25) is 0 Å². The van der Waals surface area contributed by atoms with Crippen LogP contribution in [0.25, 0.3) is 0 Å². The van der Waals surface area contributed by atoms with Crippen LogP contribution in [-0.4, -0.2) is 11.5 Å². The Morgan fingerprint density at radius 2 is 2.10 bits per heavy atom. The van der Waals surface area contributed by atoms with Crippen molar-refractivity contribution >= 4 is 15.9 Å². The Morgan fingerprint density at radius 3 is 2.80 bits per heavy atom. The average molecular weight is 343 g/mol. The van der Waals surface area contributed by atoms with E-state index in [-0.39, 0.29) is 5.88 Å². The maximum atomic E-state index is 14.2. The summed E-state index contributed by atoms with van der Waals surface area (Å²) in [5, 5.41) is 3.03. The topological polar surface area (TPSA) is 34.2 Å². The molecule has 1 aromatic carbocycles. The van der Waals surface area contributed by atoms with Crippen LogP contribution in [0.1, 0.15) is 12.5 Å². The fourth-order valence-corrected chi connectivity index (χ4v) is 2.02. The smallest absolute Gasteiger partial charge is 0.256 e. The molecule has 0 atom stereocenters. The van der Waals surface area contributed by atoms with Crippen molar-refractivity contribution in [2.75, 3.05) is 6.54 Å². The van der Waals surface area contributed by atoms with Gasteiger partial charge in [0.05, 0.1) is 4.47 Å². The lowest BCUT2D eigenvalue weighted by atomic mass is 10.2. The predicted octanol–water partition coefficient (Wildman–Crippen LogP) is 4.02. The first-order chi connectivity index (χ1) is 9.61. The number of benzene rings is 1. The molecule has 3 nitrogen and oxygen atoms in total. The summed E-state index contributed by atoms with van der Waals surface area (Å²) in [6, 6.07) is 5.48. The van der Waals surface area contributed by atoms with Crippen molar-refractivity contribution in [2.45, 2.75) is 13.5 Å². The highest BCUT2D eigenvalue weighted by Gasteiger charge is 2.13. The van der Waals surface area contributed by atoms with E-state index in [4.69, 9.17) is 4.74 Å². The zero-order chi connectivity index (χ0) is 14.5. The van der Waals surface area contributed by atoms with Crippen molar-refractivity contribution in [1.29, 1.82) is 0 Å². The highest BCUT2D eigenvalue weighted by molar-refractivity contribution is 9.10. The molecule has 0 fully saturated rings. The molecule has 1 heterocycles. The first kappa shape index (κ1) is 14.9. The summed E-state index contributed by atoms with van der Waals surface area (Å²) in [6.45, 7) is 3.07. The largest absolute Gasteiger partial charge is 0.435 e. The monoisotopic (exact) mass is 342 g/mol. The molecule has 1 N–H and O–H groups in total. The summed E-state index contributed by atoms with van der Waals surface area (Å²) in [4.78, 5) is 3.87. The Kier molecular flexibility index (Phi) is 5.03. The van der Waals surface area contributed by atoms with Gasteiger partial charge in [0.1, 0.15) is 11.6 Å². The summed E-state index contributed by atoms with van der Waals surface area (Å²) in [6.07, 6.45) is 1.47. The molecule has 20 heavy (non-hydrogen) atoms. The fraction of sp³-hybridized carbons (Fsp3) is 0.214. The van der Waals surface area contributed by atoms with Crippen molar-refractivity contribution in [1.82, 2.24) is 10.3 Å². The van der Waals surface area contributed by atoms with Crippen molar-refractivity contribution in [3.63, 3.8) is 0 Å². The molecule has 6 heteroatoms. The predicted molar refractivity (Wildman–Crippen MR) is 75.7 cm³/mol. The highest BCUT2D eigenvalue weighted by Crippen LogP contribution is 2.31. The molecular weight excluding hydrogens is 330 g/mol. The van der Waals surface area contributed by atoms with Gasteiger partial charge < -0.3 is 10.1 Å². The Morgan fingerprint density at radius 1 is 1.30 bits per heavy atom. The average Bonchev–Trinajstić information content (AvgIpc) is 2.42. The molecule has 0 aliphatic heterocycles. The van der Waals surface area contributed by atoms with Crippen LogP contribution in [0.3, 0.4) is 0 Å². The van der Waals surface area contributed by atoms with Crippen molar-refractivity contribution in [3.8, 4) is 11.6 Å². The summed E-state index contributed by atoms with van der Waals surface area (Å²) in [5.41, 5.74) is 0.468. The third-order valence-electron chi connectivity index (χ3n) is 2.60. The van der Waals surface area contributed by atoms with Gasteiger partial charge in [0.2, 0.25) is 0 Å². The summed E-state index contributed by atoms with van der Waals surface area (Å²) in [5.74, 6) is -0.755. The molecule has 0 unspecified atom stereocenters. The molecule has 0 radical (unpaired) electrons. The summed E-state index contributed by atoms with van der Waals surface area (Å²) < 4.78 is 32.9. The van der Waals surface area contributed by atoms with Crippen LogP contribution < -0.4 is 10.1 Å². The Hall–Kier alpha value is -1.53. The number of ether oxygens (including phenoxy) is 1. The standard InChI is InChI=1S/C14H13BrF2N2O/c1-2-18-8-9-5-6-19-14(13(9)17)20-12-4-3-10(16)7-11(12)15/h3-7,18H,2,8H2,1H3. The maximum absolute atomic E-state index is 14.2. The van der Waals surface area contributed by atoms with Crippen LogP contribution >= 0.6 is 15.9 Å². The highest BCUT2D eigenvalue weighted by atomic mass is 79.9. The van der Waals surface area contributed by atoms with E-state index < -0.39 is 11.6 Å². The minimum atomic E-state index is -0.523. The molecule has 1 aromatic heterocycles. The van der Waals surface area contributed by atoms with Crippen LogP contribution in [0.15, 0.2) is 34.9 Å². The van der Waals surface area contributed by atoms with E-state index in [1.165, 1.54) is 24.4 Å². The molecule has 2 rings (SSSR count). The fourth-order valence-electron chi connectivity index (χ4n) is 1.59. The number of hydrogen-bond acceptors (Lipinski definition) is 3. The zero-order valence-electron chi connectivity index (χ0n) is 10.8. The first-order valence-corrected chi connectivity index (χ1v) is 6.88. The van der Waals surface area contributed by atoms with Crippen LogP contribution in [0.5, 0.6) is 11.6 Å². The van der Waals surface area contributed by atoms with Crippen LogP contribution in [0.4, 0.5) is 8.78 Å². The molecule has 0 bridgehead atoms. The van der Waals surface area contributed by atoms with Gasteiger partial charge in [0.15, 0.2) is 5.82 Å². The third kappa shape index (κ3) is 3.52. The lowest BCUT2D eigenvalue weighted by molar-refractivity contribution is 0.414. The van der Waals surface area contributed by atoms with Gasteiger partial charge in [-0.2, -0.15) is 0 Å². The van der Waals surface area contributed by atoms with E-state index in [1.54, 1.807) is 6.07 Å². The normalized spacial score (nSPS) is 10.6. The van der Waals surface area contributed by atoms with Crippen LogP contribution in [0, 0.1) is 11.6 Å². The van der Waals surface area contributed by atoms with Gasteiger partial charge in [0.25, 0.3) is 5.88 Å². The van der Waals surface area contributed by atoms with Gasteiger partial charge >= 0.3 is 0 Å². The Labute approximate surface area is 124 Å². The third-order valence-corrected chi connectivity index (χ3v) is 3.22. The van der Waals surface area contributed by atoms with Crippen molar-refractivity contribution in [2.24, 2.45) is 0 Å². The minimum Gasteiger partial charge on any atom is -0.435 e. The second-order valence-electron chi connectivity index (χ2n) is 4.05. The summed E-state index contributed by atoms with van der Waals surface area (Å²) >= 11 is 3.16. The lowest BCUT2D eigenvalue weighted by Gasteiger charge is -2.10. The number of aromatic nitrogens is 1. The Balaban J connectivity index is 2.24. The quantitative estimate of drug-likeness (QED) is 0.890. The van der Waals surface area contributed by atoms with Gasteiger partial charge in [-0.3, -0.25) is 0 Å². The molecule has 2 aromatic rings. The number of halogens is 3. The molecule has 0 spiro atoms. The van der Waals surface area contributed by atoms with Crippen LogP contribution in [-0.2, 0) is 6.54 Å². The second kappa shape index (κ2) is 6.76. The molecule has 0 saturated heterocycles. The summed E-state index contributed by atoms with van der Waals surface area (Å²) in [7, 11) is 0. The number of nitrogens with one attached hydrogen (secondary N) is 1. The minimum absolute atomic E-state index is 0.132. The molecule has 0 amide bonds. The number of hydrogen-bond donors (Lipinski definition) is 1. The number of nitrogens with zero attached hydrogens (tertiary/aromatic N) is 1. The SMILES string of the molecule is CCNCc1ccnc(Oc2ccc(F)cc2Br)c1F. The molecular formula is C14H13BrF2N2O. The van der Waals surface area contributed by atoms with Gasteiger partial charge in [-0.25, -0.2) is 13.8 Å². The Bertz CT molecular complexity index is 608. The van der Waals surface area contributed by atoms with Gasteiger partial charge in [-0.05, 0) is 46.7 Å². The molecule has 0 aliphatic rings. The van der Waals surface area contributed by atoms with Gasteiger partial charge in [-0.15, -0.1) is 0 Å². The molecule has 106 valence electrons. The van der Waals surface area contributed by atoms with Crippen molar-refractivity contribution < 1.29 is 13.5 Å². The second-order valence-corrected chi connectivity index (χ2v) is 4.90. The van der Waals surface area contributed by atoms with E-state index in [9.17, 15) is 8.78 Å². The van der Waals surface area contributed by atoms with E-state index in [2.05, 4.69) is 26.2 Å². The van der Waals surface area contributed by atoms with E-state index >= 15 is 0 Å². The van der Waals surface area contributed by atoms with E-state index in [1.807, 2.05) is 6.92 Å². The van der Waals surface area contributed by atoms with E-state index in [0.29, 0.717) is 22.3 Å². The first-order valence-electron chi connectivity index (χ1n) is 6.08.